The second-order valence-electron chi connectivity index (χ2n) is 11.0. The average Bonchev–Trinajstić information content (AvgIpc) is 3.18. The second-order valence-corrected chi connectivity index (χ2v) is 17.6. The Morgan fingerprint density at radius 3 is 2.78 bits per heavy atom. The van der Waals surface area contributed by atoms with Gasteiger partial charge in [-0.15, -0.1) is 0 Å². The van der Waals surface area contributed by atoms with Gasteiger partial charge in [-0.1, -0.05) is 47.7 Å². The summed E-state index contributed by atoms with van der Waals surface area (Å²) in [5.41, 5.74) is 2.35. The van der Waals surface area contributed by atoms with Crippen LogP contribution in [0.4, 0.5) is 0 Å². The lowest BCUT2D eigenvalue weighted by Gasteiger charge is -2.18. The highest BCUT2D eigenvalue weighted by molar-refractivity contribution is 9.10. The normalized spacial score (nSPS) is 16.4. The third kappa shape index (κ3) is 5.19. The summed E-state index contributed by atoms with van der Waals surface area (Å²) < 4.78 is 16.3. The third-order valence-corrected chi connectivity index (χ3v) is 9.08. The number of benzene rings is 2. The van der Waals surface area contributed by atoms with E-state index in [1.807, 2.05) is 25.1 Å². The Kier molecular flexibility index (Phi) is 7.17. The van der Waals surface area contributed by atoms with E-state index in [1.165, 1.54) is 0 Å². The number of halogens is 1. The van der Waals surface area contributed by atoms with Crippen molar-refractivity contribution < 1.29 is 9.47 Å². The highest BCUT2D eigenvalue weighted by Gasteiger charge is 2.22. The molecule has 10 heteroatoms. The Hall–Kier alpha value is -2.69. The number of para-hydroxylation sites is 1. The van der Waals surface area contributed by atoms with Crippen molar-refractivity contribution in [1.82, 2.24) is 19.3 Å². The van der Waals surface area contributed by atoms with Crippen molar-refractivity contribution in [3.05, 3.63) is 55.5 Å². The fourth-order valence-electron chi connectivity index (χ4n) is 4.74. The molecule has 1 unspecified atom stereocenters. The van der Waals surface area contributed by atoms with Gasteiger partial charge in [-0.2, -0.15) is 0 Å². The summed E-state index contributed by atoms with van der Waals surface area (Å²) in [6.07, 6.45) is 2.59. The molecule has 2 aromatic heterocycles. The fraction of sp³-hybridized carbons (Fsp3) is 0.444. The van der Waals surface area contributed by atoms with Gasteiger partial charge in [-0.05, 0) is 50.4 Å². The molecule has 1 aliphatic heterocycles. The van der Waals surface area contributed by atoms with Gasteiger partial charge < -0.3 is 9.47 Å². The number of rotatable bonds is 5. The summed E-state index contributed by atoms with van der Waals surface area (Å²) in [6.45, 7) is 10.1. The van der Waals surface area contributed by atoms with Crippen molar-refractivity contribution in [2.45, 2.75) is 64.6 Å². The molecule has 3 heterocycles. The van der Waals surface area contributed by atoms with Gasteiger partial charge in [0.2, 0.25) is 0 Å². The van der Waals surface area contributed by atoms with Crippen LogP contribution in [0.1, 0.15) is 32.2 Å². The minimum absolute atomic E-state index is 0.0102. The lowest BCUT2D eigenvalue weighted by Crippen LogP contribution is -2.27. The summed E-state index contributed by atoms with van der Waals surface area (Å²) >= 11 is 3.59. The molecule has 0 fully saturated rings. The first-order valence-corrected chi connectivity index (χ1v) is 17.3. The van der Waals surface area contributed by atoms with Gasteiger partial charge >= 0.3 is 0 Å². The van der Waals surface area contributed by atoms with Crippen molar-refractivity contribution in [3.63, 3.8) is 0 Å². The molecule has 0 saturated heterocycles. The maximum atomic E-state index is 14.0. The molecule has 0 spiro atoms. The Morgan fingerprint density at radius 2 is 2.00 bits per heavy atom. The van der Waals surface area contributed by atoms with E-state index in [0.29, 0.717) is 46.5 Å². The molecular weight excluding hydrogens is 552 g/mol. The summed E-state index contributed by atoms with van der Waals surface area (Å²) in [7, 11) is -1.28. The van der Waals surface area contributed by atoms with E-state index in [1.54, 1.807) is 21.4 Å². The molecular formula is C27H33BrN4O4Si. The lowest BCUT2D eigenvalue weighted by atomic mass is 10.1. The number of fused-ring (bicyclic) bond motifs is 3. The monoisotopic (exact) mass is 584 g/mol. The molecule has 0 radical (unpaired) electrons. The van der Waals surface area contributed by atoms with Crippen LogP contribution >= 0.6 is 15.9 Å². The number of hydrogen-bond acceptors (Lipinski definition) is 5. The van der Waals surface area contributed by atoms with Crippen LogP contribution < -0.4 is 15.9 Å². The average molecular weight is 586 g/mol. The van der Waals surface area contributed by atoms with Gasteiger partial charge in [0.25, 0.3) is 11.1 Å². The molecule has 2 aromatic carbocycles. The standard InChI is InChI=1S/C27H33BrN4O4Si/c1-17-8-5-6-11-36-22-15-18(28)14-21-25(22)29-24(27(34)31(21)16-35-12-13-37(2,3)4)19-9-7-10-20-23(19)30-32(17)26(20)33/h7,9-10,14-15,17,30H,5-6,8,11-13,16H2,1-4H3. The Bertz CT molecular complexity index is 1580. The number of hydrogen-bond donors (Lipinski definition) is 1. The topological polar surface area (TPSA) is 91.1 Å². The highest BCUT2D eigenvalue weighted by Crippen LogP contribution is 2.32. The van der Waals surface area contributed by atoms with Crippen LogP contribution in [0.5, 0.6) is 5.75 Å². The van der Waals surface area contributed by atoms with Gasteiger partial charge in [0.05, 0.1) is 29.1 Å². The van der Waals surface area contributed by atoms with E-state index >= 15 is 0 Å². The molecule has 8 nitrogen and oxygen atoms in total. The summed E-state index contributed by atoms with van der Waals surface area (Å²) in [4.78, 5) is 32.1. The second kappa shape index (κ2) is 10.2. The van der Waals surface area contributed by atoms with Crippen LogP contribution in [0.25, 0.3) is 33.2 Å². The quantitative estimate of drug-likeness (QED) is 0.233. The first-order chi connectivity index (χ1) is 17.6. The van der Waals surface area contributed by atoms with Gasteiger partial charge in [-0.3, -0.25) is 19.3 Å². The zero-order valence-electron chi connectivity index (χ0n) is 21.8. The fourth-order valence-corrected chi connectivity index (χ4v) is 5.92. The first kappa shape index (κ1) is 25.9. The van der Waals surface area contributed by atoms with Crippen molar-refractivity contribution in [1.29, 1.82) is 0 Å². The molecule has 37 heavy (non-hydrogen) atoms. The minimum Gasteiger partial charge on any atom is -0.491 e. The zero-order chi connectivity index (χ0) is 26.3. The van der Waals surface area contributed by atoms with E-state index in [-0.39, 0.29) is 29.6 Å². The molecule has 0 saturated carbocycles. The van der Waals surface area contributed by atoms with Crippen LogP contribution in [0.3, 0.4) is 0 Å². The molecule has 4 aromatic rings. The maximum Gasteiger partial charge on any atom is 0.279 e. The first-order valence-electron chi connectivity index (χ1n) is 12.8. The predicted octanol–water partition coefficient (Wildman–Crippen LogP) is 5.91. The molecule has 5 rings (SSSR count). The van der Waals surface area contributed by atoms with Crippen LogP contribution in [-0.2, 0) is 11.5 Å². The van der Waals surface area contributed by atoms with Gasteiger partial charge in [-0.25, -0.2) is 9.67 Å². The third-order valence-electron chi connectivity index (χ3n) is 6.91. The summed E-state index contributed by atoms with van der Waals surface area (Å²) in [5.74, 6) is 0.616. The number of nitrogens with zero attached hydrogens (tertiary/aromatic N) is 3. The van der Waals surface area contributed by atoms with Gasteiger partial charge in [0, 0.05) is 24.7 Å². The molecule has 1 N–H and O–H groups in total. The smallest absolute Gasteiger partial charge is 0.279 e. The van der Waals surface area contributed by atoms with E-state index in [4.69, 9.17) is 14.5 Å². The van der Waals surface area contributed by atoms with Crippen LogP contribution in [0.2, 0.25) is 25.7 Å². The van der Waals surface area contributed by atoms with Crippen LogP contribution in [0.15, 0.2) is 44.4 Å². The minimum atomic E-state index is -1.28. The molecule has 0 amide bonds. The Balaban J connectivity index is 1.75. The number of ether oxygens (including phenoxy) is 2. The lowest BCUT2D eigenvalue weighted by molar-refractivity contribution is 0.0878. The Labute approximate surface area is 224 Å². The van der Waals surface area contributed by atoms with Crippen molar-refractivity contribution >= 4 is 45.9 Å². The van der Waals surface area contributed by atoms with E-state index < -0.39 is 8.07 Å². The highest BCUT2D eigenvalue weighted by atomic mass is 79.9. The molecule has 0 aliphatic carbocycles. The zero-order valence-corrected chi connectivity index (χ0v) is 24.4. The van der Waals surface area contributed by atoms with Crippen molar-refractivity contribution in [2.75, 3.05) is 13.2 Å². The molecule has 1 atom stereocenters. The largest absolute Gasteiger partial charge is 0.491 e. The number of nitrogens with one attached hydrogen (secondary N) is 1. The van der Waals surface area contributed by atoms with Gasteiger partial charge in [0.1, 0.15) is 23.7 Å². The predicted molar refractivity (Wildman–Crippen MR) is 153 cm³/mol. The summed E-state index contributed by atoms with van der Waals surface area (Å²) in [5, 5.41) is 3.84. The Morgan fingerprint density at radius 1 is 1.19 bits per heavy atom. The molecule has 196 valence electrons. The molecule has 4 bridgehead atoms. The van der Waals surface area contributed by atoms with Crippen LogP contribution in [0, 0.1) is 0 Å². The summed E-state index contributed by atoms with van der Waals surface area (Å²) in [6, 6.07) is 10.2. The maximum absolute atomic E-state index is 14.0. The number of aromatic nitrogens is 4. The van der Waals surface area contributed by atoms with Gasteiger partial charge in [0.15, 0.2) is 0 Å². The van der Waals surface area contributed by atoms with Crippen LogP contribution in [-0.4, -0.2) is 40.6 Å². The van der Waals surface area contributed by atoms with E-state index in [9.17, 15) is 9.59 Å². The SMILES string of the molecule is CC1CCCCOc2cc(Br)cc3c2nc(c(=O)n3COCC[Si](C)(C)C)-c2cccc3c(=O)n1[nH]c23. The van der Waals surface area contributed by atoms with E-state index in [2.05, 4.69) is 40.7 Å². The number of aromatic amines is 1. The number of H-pyrrole nitrogens is 1. The van der Waals surface area contributed by atoms with E-state index in [0.717, 1.165) is 29.8 Å². The molecule has 1 aliphatic rings. The van der Waals surface area contributed by atoms with Crippen molar-refractivity contribution in [2.24, 2.45) is 0 Å². The van der Waals surface area contributed by atoms with Crippen molar-refractivity contribution in [3.8, 4) is 17.0 Å².